The predicted octanol–water partition coefficient (Wildman–Crippen LogP) is 2.23. The van der Waals surface area contributed by atoms with Gasteiger partial charge < -0.3 is 4.90 Å². The van der Waals surface area contributed by atoms with Crippen molar-refractivity contribution in [3.8, 4) is 0 Å². The van der Waals surface area contributed by atoms with Crippen LogP contribution < -0.4 is 0 Å². The van der Waals surface area contributed by atoms with Crippen LogP contribution in [0, 0.1) is 0 Å². The lowest BCUT2D eigenvalue weighted by Gasteiger charge is -2.36. The van der Waals surface area contributed by atoms with E-state index in [-0.39, 0.29) is 24.0 Å². The molecule has 0 aliphatic carbocycles. The summed E-state index contributed by atoms with van der Waals surface area (Å²) >= 11 is 0. The summed E-state index contributed by atoms with van der Waals surface area (Å²) in [5.74, 6) is 0.00830. The van der Waals surface area contributed by atoms with E-state index in [4.69, 9.17) is 0 Å². The maximum Gasteiger partial charge on any atom is 0.227 e. The molecule has 0 N–H and O–H groups in total. The molecule has 0 bridgehead atoms. The minimum Gasteiger partial charge on any atom is -0.333 e. The van der Waals surface area contributed by atoms with E-state index < -0.39 is 15.9 Å². The molecule has 0 saturated carbocycles. The van der Waals surface area contributed by atoms with Gasteiger partial charge in [-0.25, -0.2) is 8.42 Å². The van der Waals surface area contributed by atoms with E-state index in [0.29, 0.717) is 6.42 Å². The molecule has 23 heavy (non-hydrogen) atoms. The fourth-order valence-electron chi connectivity index (χ4n) is 2.93. The zero-order chi connectivity index (χ0) is 16.3. The Labute approximate surface area is 136 Å². The number of amides is 1. The molecule has 0 unspecified atom stereocenters. The van der Waals surface area contributed by atoms with Gasteiger partial charge in [-0.3, -0.25) is 4.79 Å². The topological polar surface area (TPSA) is 54.5 Å². The summed E-state index contributed by atoms with van der Waals surface area (Å²) in [6.45, 7) is 0.258. The van der Waals surface area contributed by atoms with Gasteiger partial charge in [0.15, 0.2) is 9.84 Å². The van der Waals surface area contributed by atoms with Crippen LogP contribution in [0.4, 0.5) is 0 Å². The van der Waals surface area contributed by atoms with Gasteiger partial charge >= 0.3 is 0 Å². The summed E-state index contributed by atoms with van der Waals surface area (Å²) in [7, 11) is -3.11. The second-order valence-electron chi connectivity index (χ2n) is 5.79. The summed E-state index contributed by atoms with van der Waals surface area (Å²) < 4.78 is 24.0. The maximum atomic E-state index is 12.7. The molecule has 1 aliphatic rings. The van der Waals surface area contributed by atoms with Gasteiger partial charge in [-0.05, 0) is 11.1 Å². The van der Waals surface area contributed by atoms with Crippen LogP contribution in [0.3, 0.4) is 0 Å². The van der Waals surface area contributed by atoms with Gasteiger partial charge in [-0.2, -0.15) is 0 Å². The fourth-order valence-corrected chi connectivity index (χ4v) is 4.42. The van der Waals surface area contributed by atoms with Crippen LogP contribution in [-0.2, 0) is 21.1 Å². The van der Waals surface area contributed by atoms with Crippen molar-refractivity contribution < 1.29 is 13.2 Å². The number of nitrogens with zero attached hydrogens (tertiary/aromatic N) is 1. The normalized spacial score (nSPS) is 20.2. The summed E-state index contributed by atoms with van der Waals surface area (Å²) in [4.78, 5) is 14.4. The standard InChI is InChI=1S/C18H19NO3S/c20-18(13-15-7-3-1-4-8-15)19-11-12-23(21,22)14-17(19)16-9-5-2-6-10-16/h1-10,17H,11-14H2/t17-/m1/s1. The third-order valence-electron chi connectivity index (χ3n) is 4.13. The van der Waals surface area contributed by atoms with E-state index in [1.807, 2.05) is 60.7 Å². The highest BCUT2D eigenvalue weighted by Gasteiger charge is 2.34. The molecule has 0 spiro atoms. The van der Waals surface area contributed by atoms with Crippen LogP contribution in [0.5, 0.6) is 0 Å². The Morgan fingerprint density at radius 2 is 1.61 bits per heavy atom. The molecule has 1 heterocycles. The number of hydrogen-bond donors (Lipinski definition) is 0. The number of carbonyl (C=O) groups is 1. The molecule has 1 amide bonds. The largest absolute Gasteiger partial charge is 0.333 e. The van der Waals surface area contributed by atoms with Crippen LogP contribution in [0.15, 0.2) is 60.7 Å². The van der Waals surface area contributed by atoms with Gasteiger partial charge in [-0.15, -0.1) is 0 Å². The van der Waals surface area contributed by atoms with Gasteiger partial charge in [0.2, 0.25) is 5.91 Å². The van der Waals surface area contributed by atoms with Crippen molar-refractivity contribution in [2.24, 2.45) is 0 Å². The maximum absolute atomic E-state index is 12.7. The van der Waals surface area contributed by atoms with Crippen LogP contribution >= 0.6 is 0 Å². The fraction of sp³-hybridized carbons (Fsp3) is 0.278. The highest BCUT2D eigenvalue weighted by atomic mass is 32.2. The lowest BCUT2D eigenvalue weighted by molar-refractivity contribution is -0.132. The number of benzene rings is 2. The van der Waals surface area contributed by atoms with Crippen molar-refractivity contribution in [1.82, 2.24) is 4.90 Å². The lowest BCUT2D eigenvalue weighted by Crippen LogP contribution is -2.46. The summed E-state index contributed by atoms with van der Waals surface area (Å²) in [5, 5.41) is 0. The number of hydrogen-bond acceptors (Lipinski definition) is 3. The predicted molar refractivity (Wildman–Crippen MR) is 89.7 cm³/mol. The van der Waals surface area contributed by atoms with E-state index in [2.05, 4.69) is 0 Å². The van der Waals surface area contributed by atoms with Crippen molar-refractivity contribution in [2.45, 2.75) is 12.5 Å². The third kappa shape index (κ3) is 3.79. The number of sulfone groups is 1. The first-order chi connectivity index (χ1) is 11.1. The van der Waals surface area contributed by atoms with Gasteiger partial charge in [0.05, 0.1) is 24.0 Å². The molecule has 4 nitrogen and oxygen atoms in total. The van der Waals surface area contributed by atoms with Crippen molar-refractivity contribution in [1.29, 1.82) is 0 Å². The Kier molecular flexibility index (Phi) is 4.48. The Bertz CT molecular complexity index is 772. The van der Waals surface area contributed by atoms with E-state index in [1.165, 1.54) is 0 Å². The van der Waals surface area contributed by atoms with E-state index in [1.54, 1.807) is 4.90 Å². The molecule has 1 fully saturated rings. The van der Waals surface area contributed by atoms with Crippen molar-refractivity contribution in [3.05, 3.63) is 71.8 Å². The summed E-state index contributed by atoms with van der Waals surface area (Å²) in [5.41, 5.74) is 1.81. The zero-order valence-electron chi connectivity index (χ0n) is 12.8. The average molecular weight is 329 g/mol. The first kappa shape index (κ1) is 15.7. The van der Waals surface area contributed by atoms with Crippen LogP contribution in [0.25, 0.3) is 0 Å². The van der Waals surface area contributed by atoms with Gasteiger partial charge in [-0.1, -0.05) is 60.7 Å². The van der Waals surface area contributed by atoms with Crippen molar-refractivity contribution in [3.63, 3.8) is 0 Å². The van der Waals surface area contributed by atoms with Gasteiger partial charge in [0, 0.05) is 6.54 Å². The SMILES string of the molecule is O=C(Cc1ccccc1)N1CCS(=O)(=O)C[C@@H]1c1ccccc1. The molecule has 2 aromatic rings. The minimum absolute atomic E-state index is 0.00244. The molecular formula is C18H19NO3S. The molecule has 3 rings (SSSR count). The lowest BCUT2D eigenvalue weighted by atomic mass is 10.0. The number of rotatable bonds is 3. The zero-order valence-corrected chi connectivity index (χ0v) is 13.6. The third-order valence-corrected chi connectivity index (χ3v) is 5.76. The first-order valence-corrected chi connectivity index (χ1v) is 9.46. The molecular weight excluding hydrogens is 310 g/mol. The molecule has 0 aromatic heterocycles. The smallest absolute Gasteiger partial charge is 0.227 e. The summed E-state index contributed by atoms with van der Waals surface area (Å²) in [6.07, 6.45) is 0.296. The Morgan fingerprint density at radius 3 is 2.26 bits per heavy atom. The van der Waals surface area contributed by atoms with E-state index in [0.717, 1.165) is 11.1 Å². The Hall–Kier alpha value is -2.14. The van der Waals surface area contributed by atoms with Crippen LogP contribution in [0.2, 0.25) is 0 Å². The molecule has 120 valence electrons. The second kappa shape index (κ2) is 6.54. The molecule has 1 aliphatic heterocycles. The van der Waals surface area contributed by atoms with E-state index >= 15 is 0 Å². The Balaban J connectivity index is 1.85. The number of carbonyl (C=O) groups excluding carboxylic acids is 1. The van der Waals surface area contributed by atoms with E-state index in [9.17, 15) is 13.2 Å². The summed E-state index contributed by atoms with van der Waals surface area (Å²) in [6, 6.07) is 18.5. The molecule has 0 radical (unpaired) electrons. The first-order valence-electron chi connectivity index (χ1n) is 7.64. The van der Waals surface area contributed by atoms with Gasteiger partial charge in [0.1, 0.15) is 0 Å². The average Bonchev–Trinajstić information content (AvgIpc) is 2.55. The highest BCUT2D eigenvalue weighted by molar-refractivity contribution is 7.91. The second-order valence-corrected chi connectivity index (χ2v) is 8.02. The molecule has 2 aromatic carbocycles. The Morgan fingerprint density at radius 1 is 1.00 bits per heavy atom. The van der Waals surface area contributed by atoms with Gasteiger partial charge in [0.25, 0.3) is 0 Å². The monoisotopic (exact) mass is 329 g/mol. The highest BCUT2D eigenvalue weighted by Crippen LogP contribution is 2.27. The minimum atomic E-state index is -3.11. The van der Waals surface area contributed by atoms with Crippen molar-refractivity contribution >= 4 is 15.7 Å². The molecule has 1 atom stereocenters. The quantitative estimate of drug-likeness (QED) is 0.868. The molecule has 5 heteroatoms. The molecule has 1 saturated heterocycles. The van der Waals surface area contributed by atoms with Crippen molar-refractivity contribution in [2.75, 3.05) is 18.1 Å². The van der Waals surface area contributed by atoms with Crippen LogP contribution in [-0.4, -0.2) is 37.3 Å². The van der Waals surface area contributed by atoms with Crippen LogP contribution in [0.1, 0.15) is 17.2 Å².